The third kappa shape index (κ3) is 2.89. The van der Waals surface area contributed by atoms with E-state index in [1.165, 1.54) is 0 Å². The van der Waals surface area contributed by atoms with Gasteiger partial charge in [0.1, 0.15) is 5.84 Å². The van der Waals surface area contributed by atoms with Gasteiger partial charge in [-0.1, -0.05) is 36.8 Å². The number of rotatable bonds is 3. The molecule has 0 amide bonds. The van der Waals surface area contributed by atoms with Gasteiger partial charge in [0.25, 0.3) is 0 Å². The van der Waals surface area contributed by atoms with Gasteiger partial charge in [-0.2, -0.15) is 0 Å². The van der Waals surface area contributed by atoms with Crippen LogP contribution in [0.2, 0.25) is 0 Å². The molecule has 21 heavy (non-hydrogen) atoms. The normalized spacial score (nSPS) is 13.5. The quantitative estimate of drug-likeness (QED) is 0.484. The molecule has 0 radical (unpaired) electrons. The van der Waals surface area contributed by atoms with Crippen molar-refractivity contribution in [2.75, 3.05) is 7.05 Å². The SMILES string of the molecule is CC\C=C(C)/C=C\C(=N/C)n1c(=O)n(C)c2ccccc21. The summed E-state index contributed by atoms with van der Waals surface area (Å²) in [4.78, 5) is 16.7. The molecule has 0 aliphatic carbocycles. The van der Waals surface area contributed by atoms with Gasteiger partial charge in [-0.3, -0.25) is 9.56 Å². The molecule has 0 saturated heterocycles. The first-order valence-corrected chi connectivity index (χ1v) is 7.08. The zero-order valence-corrected chi connectivity index (χ0v) is 13.0. The van der Waals surface area contributed by atoms with E-state index in [0.717, 1.165) is 23.0 Å². The summed E-state index contributed by atoms with van der Waals surface area (Å²) >= 11 is 0. The van der Waals surface area contributed by atoms with Gasteiger partial charge < -0.3 is 0 Å². The molecule has 0 N–H and O–H groups in total. The molecule has 0 atom stereocenters. The first-order valence-electron chi connectivity index (χ1n) is 7.08. The number of aryl methyl sites for hydroxylation is 1. The summed E-state index contributed by atoms with van der Waals surface area (Å²) in [5, 5.41) is 0. The van der Waals surface area contributed by atoms with Crippen molar-refractivity contribution >= 4 is 16.9 Å². The van der Waals surface area contributed by atoms with Crippen LogP contribution in [0.15, 0.2) is 57.9 Å². The van der Waals surface area contributed by atoms with E-state index < -0.39 is 0 Å². The summed E-state index contributed by atoms with van der Waals surface area (Å²) in [6, 6.07) is 7.73. The largest absolute Gasteiger partial charge is 0.334 e. The zero-order valence-electron chi connectivity index (χ0n) is 13.0. The van der Waals surface area contributed by atoms with E-state index in [-0.39, 0.29) is 5.69 Å². The van der Waals surface area contributed by atoms with Crippen molar-refractivity contribution in [2.45, 2.75) is 20.3 Å². The maximum absolute atomic E-state index is 12.5. The van der Waals surface area contributed by atoms with Crippen molar-refractivity contribution in [3.05, 3.63) is 58.6 Å². The van der Waals surface area contributed by atoms with Gasteiger partial charge in [0.2, 0.25) is 0 Å². The minimum Gasteiger partial charge on any atom is -0.295 e. The molecule has 0 spiro atoms. The molecule has 0 aliphatic heterocycles. The van der Waals surface area contributed by atoms with E-state index >= 15 is 0 Å². The first kappa shape index (κ1) is 15.0. The summed E-state index contributed by atoms with van der Waals surface area (Å²) < 4.78 is 3.29. The van der Waals surface area contributed by atoms with Crippen molar-refractivity contribution in [2.24, 2.45) is 12.0 Å². The van der Waals surface area contributed by atoms with Crippen LogP contribution in [-0.4, -0.2) is 22.0 Å². The van der Waals surface area contributed by atoms with Gasteiger partial charge in [0, 0.05) is 14.1 Å². The molecule has 0 unspecified atom stereocenters. The number of nitrogens with zero attached hydrogens (tertiary/aromatic N) is 3. The highest BCUT2D eigenvalue weighted by molar-refractivity contribution is 6.00. The second-order valence-electron chi connectivity index (χ2n) is 4.94. The predicted molar refractivity (Wildman–Crippen MR) is 89.1 cm³/mol. The molecule has 2 rings (SSSR count). The maximum atomic E-state index is 12.5. The fourth-order valence-corrected chi connectivity index (χ4v) is 2.36. The number of hydrogen-bond acceptors (Lipinski definition) is 2. The Kier molecular flexibility index (Phi) is 4.58. The van der Waals surface area contributed by atoms with Crippen molar-refractivity contribution < 1.29 is 0 Å². The predicted octanol–water partition coefficient (Wildman–Crippen LogP) is 3.13. The summed E-state index contributed by atoms with van der Waals surface area (Å²) in [6.45, 7) is 4.14. The lowest BCUT2D eigenvalue weighted by Gasteiger charge is -2.02. The number of hydrogen-bond donors (Lipinski definition) is 0. The van der Waals surface area contributed by atoms with Gasteiger partial charge >= 0.3 is 5.69 Å². The van der Waals surface area contributed by atoms with Crippen LogP contribution in [0.25, 0.3) is 11.0 Å². The average molecular weight is 283 g/mol. The Morgan fingerprint density at radius 2 is 1.90 bits per heavy atom. The topological polar surface area (TPSA) is 39.3 Å². The Balaban J connectivity index is 2.57. The van der Waals surface area contributed by atoms with Crippen molar-refractivity contribution in [3.63, 3.8) is 0 Å². The number of para-hydroxylation sites is 2. The molecule has 1 heterocycles. The van der Waals surface area contributed by atoms with Gasteiger partial charge in [0.05, 0.1) is 11.0 Å². The number of benzene rings is 1. The van der Waals surface area contributed by atoms with Crippen molar-refractivity contribution in [1.82, 2.24) is 9.13 Å². The van der Waals surface area contributed by atoms with Gasteiger partial charge in [-0.25, -0.2) is 9.36 Å². The molecule has 0 bridgehead atoms. The van der Waals surface area contributed by atoms with E-state index in [1.807, 2.05) is 43.3 Å². The summed E-state index contributed by atoms with van der Waals surface area (Å²) in [6.07, 6.45) is 6.99. The molecule has 0 aliphatic rings. The summed E-state index contributed by atoms with van der Waals surface area (Å²) in [5.41, 5.74) is 2.84. The molecule has 2 aromatic rings. The highest BCUT2D eigenvalue weighted by Crippen LogP contribution is 2.12. The van der Waals surface area contributed by atoms with E-state index in [2.05, 4.69) is 18.0 Å². The number of fused-ring (bicyclic) bond motifs is 1. The Labute approximate surface area is 124 Å². The molecular formula is C17H21N3O. The van der Waals surface area contributed by atoms with Crippen molar-refractivity contribution in [3.8, 4) is 0 Å². The third-order valence-corrected chi connectivity index (χ3v) is 3.44. The van der Waals surface area contributed by atoms with Crippen LogP contribution in [0.5, 0.6) is 0 Å². The van der Waals surface area contributed by atoms with Crippen LogP contribution in [0, 0.1) is 0 Å². The zero-order chi connectivity index (χ0) is 15.4. The Morgan fingerprint density at radius 1 is 1.24 bits per heavy atom. The molecule has 1 aromatic heterocycles. The van der Waals surface area contributed by atoms with Gasteiger partial charge in [-0.05, 0) is 31.6 Å². The fourth-order valence-electron chi connectivity index (χ4n) is 2.36. The highest BCUT2D eigenvalue weighted by Gasteiger charge is 2.12. The van der Waals surface area contributed by atoms with Gasteiger partial charge in [-0.15, -0.1) is 0 Å². The van der Waals surface area contributed by atoms with Crippen LogP contribution in [-0.2, 0) is 7.05 Å². The average Bonchev–Trinajstić information content (AvgIpc) is 2.74. The van der Waals surface area contributed by atoms with E-state index in [4.69, 9.17) is 0 Å². The van der Waals surface area contributed by atoms with Gasteiger partial charge in [0.15, 0.2) is 0 Å². The smallest absolute Gasteiger partial charge is 0.295 e. The lowest BCUT2D eigenvalue weighted by Crippen LogP contribution is -2.27. The molecule has 110 valence electrons. The molecule has 1 aromatic carbocycles. The molecule has 4 heteroatoms. The molecule has 0 fully saturated rings. The summed E-state index contributed by atoms with van der Waals surface area (Å²) in [7, 11) is 3.48. The minimum atomic E-state index is -0.0847. The second kappa shape index (κ2) is 6.39. The maximum Gasteiger partial charge on any atom is 0.334 e. The van der Waals surface area contributed by atoms with E-state index in [9.17, 15) is 4.79 Å². The highest BCUT2D eigenvalue weighted by atomic mass is 16.1. The molecular weight excluding hydrogens is 262 g/mol. The second-order valence-corrected chi connectivity index (χ2v) is 4.94. The van der Waals surface area contributed by atoms with Crippen LogP contribution in [0.3, 0.4) is 0 Å². The Morgan fingerprint density at radius 3 is 2.52 bits per heavy atom. The monoisotopic (exact) mass is 283 g/mol. The molecule has 4 nitrogen and oxygen atoms in total. The lowest BCUT2D eigenvalue weighted by atomic mass is 10.2. The third-order valence-electron chi connectivity index (χ3n) is 3.44. The minimum absolute atomic E-state index is 0.0847. The number of allylic oxidation sites excluding steroid dienone is 4. The van der Waals surface area contributed by atoms with Crippen LogP contribution in [0.1, 0.15) is 20.3 Å². The van der Waals surface area contributed by atoms with Crippen molar-refractivity contribution in [1.29, 1.82) is 0 Å². The number of imidazole rings is 1. The number of aliphatic imine (C=N–C) groups is 1. The van der Waals surface area contributed by atoms with Crippen LogP contribution < -0.4 is 5.69 Å². The number of aromatic nitrogens is 2. The van der Waals surface area contributed by atoms with E-state index in [1.54, 1.807) is 23.2 Å². The van der Waals surface area contributed by atoms with Crippen LogP contribution in [0.4, 0.5) is 0 Å². The standard InChI is InChI=1S/C17H21N3O/c1-5-8-13(2)11-12-16(18-3)20-15-10-7-6-9-14(15)19(4)17(20)21/h6-12H,5H2,1-4H3/b12-11-,13-8-,18-16+. The fraction of sp³-hybridized carbons (Fsp3) is 0.294. The van der Waals surface area contributed by atoms with Crippen LogP contribution >= 0.6 is 0 Å². The van der Waals surface area contributed by atoms with E-state index in [0.29, 0.717) is 5.84 Å². The summed E-state index contributed by atoms with van der Waals surface area (Å²) in [5.74, 6) is 0.639. The first-order chi connectivity index (χ1) is 10.1. The Bertz CT molecular complexity index is 788. The Hall–Kier alpha value is -2.36. The lowest BCUT2D eigenvalue weighted by molar-refractivity contribution is 0.862. The molecule has 0 saturated carbocycles.